The number of nitrogens with zero attached hydrogens (tertiary/aromatic N) is 2. The first kappa shape index (κ1) is 17.9. The molecule has 2 aromatic rings. The van der Waals surface area contributed by atoms with Crippen molar-refractivity contribution < 1.29 is 4.79 Å². The second-order valence-electron chi connectivity index (χ2n) is 5.68. The lowest BCUT2D eigenvalue weighted by Gasteiger charge is -2.15. The molecule has 2 N–H and O–H groups in total. The number of aromatic nitrogens is 2. The van der Waals surface area contributed by atoms with Crippen LogP contribution < -0.4 is 10.6 Å². The zero-order chi connectivity index (χ0) is 17.4. The van der Waals surface area contributed by atoms with E-state index in [4.69, 9.17) is 0 Å². The number of hydrogen-bond donors (Lipinski definition) is 2. The van der Waals surface area contributed by atoms with Gasteiger partial charge in [-0.15, -0.1) is 0 Å². The number of aryl methyl sites for hydroxylation is 2. The highest BCUT2D eigenvalue weighted by molar-refractivity contribution is 5.93. The largest absolute Gasteiger partial charge is 0.351 e. The molecule has 0 aliphatic carbocycles. The monoisotopic (exact) mass is 326 g/mol. The number of nitrogens with one attached hydrogen (secondary N) is 2. The third kappa shape index (κ3) is 4.54. The highest BCUT2D eigenvalue weighted by Crippen LogP contribution is 2.25. The lowest BCUT2D eigenvalue weighted by Crippen LogP contribution is -2.25. The van der Waals surface area contributed by atoms with Gasteiger partial charge in [-0.2, -0.15) is 0 Å². The maximum absolute atomic E-state index is 12.1. The van der Waals surface area contributed by atoms with Crippen molar-refractivity contribution >= 4 is 17.4 Å². The smallest absolute Gasteiger partial charge is 0.270 e. The molecule has 0 unspecified atom stereocenters. The number of para-hydroxylation sites is 1. The Labute approximate surface area is 143 Å². The number of benzene rings is 1. The molecule has 5 nitrogen and oxygen atoms in total. The predicted octanol–water partition coefficient (Wildman–Crippen LogP) is 3.87. The van der Waals surface area contributed by atoms with Gasteiger partial charge in [-0.25, -0.2) is 9.97 Å². The summed E-state index contributed by atoms with van der Waals surface area (Å²) in [6, 6.07) is 8.00. The van der Waals surface area contributed by atoms with Crippen molar-refractivity contribution in [2.45, 2.75) is 46.5 Å². The van der Waals surface area contributed by atoms with E-state index in [1.54, 1.807) is 6.07 Å². The van der Waals surface area contributed by atoms with Gasteiger partial charge >= 0.3 is 0 Å². The Bertz CT molecular complexity index is 663. The van der Waals surface area contributed by atoms with Gasteiger partial charge in [0.25, 0.3) is 5.91 Å². The minimum atomic E-state index is -0.159. The first-order chi connectivity index (χ1) is 11.7. The number of amides is 1. The highest BCUT2D eigenvalue weighted by atomic mass is 16.1. The Kier molecular flexibility index (Phi) is 6.73. The van der Waals surface area contributed by atoms with E-state index in [0.717, 1.165) is 31.4 Å². The molecule has 0 aliphatic rings. The molecule has 1 amide bonds. The van der Waals surface area contributed by atoms with Gasteiger partial charge in [0.05, 0.1) is 0 Å². The average molecular weight is 326 g/mol. The summed E-state index contributed by atoms with van der Waals surface area (Å²) in [4.78, 5) is 20.5. The summed E-state index contributed by atoms with van der Waals surface area (Å²) in [7, 11) is 0. The van der Waals surface area contributed by atoms with E-state index in [9.17, 15) is 4.79 Å². The van der Waals surface area contributed by atoms with E-state index >= 15 is 0 Å². The Morgan fingerprint density at radius 3 is 2.42 bits per heavy atom. The minimum Gasteiger partial charge on any atom is -0.351 e. The van der Waals surface area contributed by atoms with Gasteiger partial charge < -0.3 is 10.6 Å². The molecule has 0 saturated carbocycles. The van der Waals surface area contributed by atoms with Crippen LogP contribution in [0, 0.1) is 0 Å². The normalized spacial score (nSPS) is 10.5. The Balaban J connectivity index is 2.20. The minimum absolute atomic E-state index is 0.159. The van der Waals surface area contributed by atoms with Crippen LogP contribution in [0.2, 0.25) is 0 Å². The van der Waals surface area contributed by atoms with Gasteiger partial charge in [-0.05, 0) is 30.4 Å². The average Bonchev–Trinajstić information content (AvgIpc) is 2.62. The summed E-state index contributed by atoms with van der Waals surface area (Å²) in [6.45, 7) is 7.02. The lowest BCUT2D eigenvalue weighted by molar-refractivity contribution is 0.0948. The first-order valence-electron chi connectivity index (χ1n) is 8.67. The number of rotatable bonds is 8. The van der Waals surface area contributed by atoms with Crippen LogP contribution in [0.15, 0.2) is 30.6 Å². The molecule has 0 fully saturated rings. The second kappa shape index (κ2) is 9.01. The third-order valence-corrected chi connectivity index (χ3v) is 3.97. The van der Waals surface area contributed by atoms with Crippen LogP contribution in [0.5, 0.6) is 0 Å². The van der Waals surface area contributed by atoms with Gasteiger partial charge in [-0.3, -0.25) is 4.79 Å². The topological polar surface area (TPSA) is 66.9 Å². The van der Waals surface area contributed by atoms with Crippen LogP contribution in [0.4, 0.5) is 11.5 Å². The molecule has 1 aromatic heterocycles. The van der Waals surface area contributed by atoms with Crippen molar-refractivity contribution in [2.75, 3.05) is 11.9 Å². The number of carbonyl (C=O) groups excluding carboxylic acids is 1. The summed E-state index contributed by atoms with van der Waals surface area (Å²) in [6.07, 6.45) is 5.31. The van der Waals surface area contributed by atoms with E-state index in [1.807, 2.05) is 0 Å². The quantitative estimate of drug-likeness (QED) is 0.723. The van der Waals surface area contributed by atoms with Gasteiger partial charge in [0, 0.05) is 18.3 Å². The predicted molar refractivity (Wildman–Crippen MR) is 97.8 cm³/mol. The van der Waals surface area contributed by atoms with Crippen molar-refractivity contribution in [3.63, 3.8) is 0 Å². The number of unbranched alkanes of at least 4 members (excludes halogenated alkanes) is 1. The Morgan fingerprint density at radius 2 is 1.79 bits per heavy atom. The molecular formula is C19H26N4O. The van der Waals surface area contributed by atoms with Crippen molar-refractivity contribution in [1.29, 1.82) is 0 Å². The zero-order valence-electron chi connectivity index (χ0n) is 14.7. The molecule has 1 aromatic carbocycles. The summed E-state index contributed by atoms with van der Waals surface area (Å²) in [5.41, 5.74) is 3.94. The maximum Gasteiger partial charge on any atom is 0.270 e. The standard InChI is InChI=1S/C19H26N4O/c1-4-7-11-20-19(24)16-12-17(22-13-21-16)23-18-14(5-2)9-8-10-15(18)6-3/h8-10,12-13H,4-7,11H2,1-3H3,(H,20,24)(H,21,22,23). The molecule has 24 heavy (non-hydrogen) atoms. The molecule has 0 aliphatic heterocycles. The summed E-state index contributed by atoms with van der Waals surface area (Å²) >= 11 is 0. The molecular weight excluding hydrogens is 300 g/mol. The molecule has 0 saturated heterocycles. The molecule has 0 atom stereocenters. The maximum atomic E-state index is 12.1. The van der Waals surface area contributed by atoms with Gasteiger partial charge in [-0.1, -0.05) is 45.4 Å². The lowest BCUT2D eigenvalue weighted by atomic mass is 10.0. The van der Waals surface area contributed by atoms with E-state index in [2.05, 4.69) is 59.6 Å². The molecule has 0 spiro atoms. The second-order valence-corrected chi connectivity index (χ2v) is 5.68. The molecule has 0 radical (unpaired) electrons. The third-order valence-electron chi connectivity index (χ3n) is 3.97. The molecule has 1 heterocycles. The fourth-order valence-electron chi connectivity index (χ4n) is 2.55. The van der Waals surface area contributed by atoms with Crippen LogP contribution in [0.1, 0.15) is 55.2 Å². The Morgan fingerprint density at radius 1 is 1.08 bits per heavy atom. The molecule has 128 valence electrons. The SMILES string of the molecule is CCCCNC(=O)c1cc(Nc2c(CC)cccc2CC)ncn1. The number of hydrogen-bond acceptors (Lipinski definition) is 4. The van der Waals surface area contributed by atoms with Crippen LogP contribution in [-0.2, 0) is 12.8 Å². The van der Waals surface area contributed by atoms with Crippen molar-refractivity contribution in [2.24, 2.45) is 0 Å². The van der Waals surface area contributed by atoms with Crippen LogP contribution in [0.25, 0.3) is 0 Å². The summed E-state index contributed by atoms with van der Waals surface area (Å²) in [5.74, 6) is 0.481. The van der Waals surface area contributed by atoms with Crippen molar-refractivity contribution in [1.82, 2.24) is 15.3 Å². The van der Waals surface area contributed by atoms with E-state index in [-0.39, 0.29) is 5.91 Å². The van der Waals surface area contributed by atoms with Gasteiger partial charge in [0.2, 0.25) is 0 Å². The highest BCUT2D eigenvalue weighted by Gasteiger charge is 2.11. The number of anilines is 2. The van der Waals surface area contributed by atoms with Gasteiger partial charge in [0.1, 0.15) is 17.8 Å². The van der Waals surface area contributed by atoms with Crippen LogP contribution in [-0.4, -0.2) is 22.4 Å². The van der Waals surface area contributed by atoms with E-state index in [0.29, 0.717) is 18.1 Å². The van der Waals surface area contributed by atoms with E-state index in [1.165, 1.54) is 17.5 Å². The zero-order valence-corrected chi connectivity index (χ0v) is 14.7. The van der Waals surface area contributed by atoms with E-state index < -0.39 is 0 Å². The van der Waals surface area contributed by atoms with Crippen molar-refractivity contribution in [3.05, 3.63) is 47.4 Å². The van der Waals surface area contributed by atoms with Gasteiger partial charge in [0.15, 0.2) is 0 Å². The fraction of sp³-hybridized carbons (Fsp3) is 0.421. The van der Waals surface area contributed by atoms with Crippen LogP contribution in [0.3, 0.4) is 0 Å². The fourth-order valence-corrected chi connectivity index (χ4v) is 2.55. The molecule has 0 bridgehead atoms. The molecule has 2 rings (SSSR count). The van der Waals surface area contributed by atoms with Crippen LogP contribution >= 0.6 is 0 Å². The summed E-state index contributed by atoms with van der Waals surface area (Å²) < 4.78 is 0. The number of carbonyl (C=O) groups is 1. The van der Waals surface area contributed by atoms with Crippen molar-refractivity contribution in [3.8, 4) is 0 Å². The molecule has 5 heteroatoms. The summed E-state index contributed by atoms with van der Waals surface area (Å²) in [5, 5.41) is 6.25. The Hall–Kier alpha value is -2.43. The first-order valence-corrected chi connectivity index (χ1v) is 8.67.